The third-order valence-electron chi connectivity index (χ3n) is 2.23. The molecule has 1 N–H and O–H groups in total. The molecule has 3 nitrogen and oxygen atoms in total. The van der Waals surface area contributed by atoms with Gasteiger partial charge in [-0.15, -0.1) is 11.3 Å². The third-order valence-corrected chi connectivity index (χ3v) is 3.98. The summed E-state index contributed by atoms with van der Waals surface area (Å²) in [6.07, 6.45) is 0.891. The second kappa shape index (κ2) is 3.88. The van der Waals surface area contributed by atoms with Crippen LogP contribution in [0, 0.1) is 0 Å². The Labute approximate surface area is 91.0 Å². The number of hydrogen-bond acceptors (Lipinski definition) is 4. The molecule has 2 rings (SSSR count). The molecule has 76 valence electrons. The minimum atomic E-state index is -0.339. The molecule has 1 aliphatic rings. The molecule has 0 amide bonds. The molecule has 5 heteroatoms. The van der Waals surface area contributed by atoms with Crippen molar-refractivity contribution in [2.24, 2.45) is 0 Å². The van der Waals surface area contributed by atoms with Crippen molar-refractivity contribution in [3.05, 3.63) is 20.3 Å². The Balaban J connectivity index is 2.43. The van der Waals surface area contributed by atoms with E-state index in [1.165, 1.54) is 18.4 Å². The van der Waals surface area contributed by atoms with Crippen LogP contribution in [0.5, 0.6) is 0 Å². The lowest BCUT2D eigenvalue weighted by atomic mass is 10.1. The van der Waals surface area contributed by atoms with E-state index in [0.717, 1.165) is 30.0 Å². The Bertz CT molecular complexity index is 375. The number of carbonyl (C=O) groups is 1. The van der Waals surface area contributed by atoms with Crippen LogP contribution >= 0.6 is 22.9 Å². The predicted molar refractivity (Wildman–Crippen MR) is 56.1 cm³/mol. The lowest BCUT2D eigenvalue weighted by Crippen LogP contribution is -2.21. The summed E-state index contributed by atoms with van der Waals surface area (Å²) in [6.45, 7) is 1.72. The average molecular weight is 232 g/mol. The first-order valence-corrected chi connectivity index (χ1v) is 5.52. The van der Waals surface area contributed by atoms with Crippen LogP contribution in [0.4, 0.5) is 0 Å². The first-order valence-electron chi connectivity index (χ1n) is 4.33. The van der Waals surface area contributed by atoms with Crippen molar-refractivity contribution in [1.82, 2.24) is 5.32 Å². The maximum Gasteiger partial charge on any atom is 0.349 e. The Morgan fingerprint density at radius 3 is 3.07 bits per heavy atom. The summed E-state index contributed by atoms with van der Waals surface area (Å²) < 4.78 is 4.66. The molecule has 1 aliphatic heterocycles. The maximum absolute atomic E-state index is 11.3. The number of ether oxygens (including phenoxy) is 1. The number of thiophene rings is 1. The number of halogens is 1. The summed E-state index contributed by atoms with van der Waals surface area (Å²) in [6, 6.07) is 0. The van der Waals surface area contributed by atoms with Gasteiger partial charge in [-0.3, -0.25) is 0 Å². The molecule has 0 fully saturated rings. The molecule has 0 saturated carbocycles. The number of methoxy groups -OCH3 is 1. The van der Waals surface area contributed by atoms with E-state index in [4.69, 9.17) is 11.6 Å². The minimum Gasteiger partial charge on any atom is -0.465 e. The molecular formula is C9H10ClNO2S. The van der Waals surface area contributed by atoms with Crippen LogP contribution in [0.25, 0.3) is 0 Å². The van der Waals surface area contributed by atoms with E-state index >= 15 is 0 Å². The zero-order valence-electron chi connectivity index (χ0n) is 7.72. The predicted octanol–water partition coefficient (Wildman–Crippen LogP) is 1.83. The maximum atomic E-state index is 11.3. The highest BCUT2D eigenvalue weighted by Crippen LogP contribution is 2.35. The van der Waals surface area contributed by atoms with Gasteiger partial charge in [-0.05, 0) is 18.5 Å². The lowest BCUT2D eigenvalue weighted by Gasteiger charge is -2.11. The van der Waals surface area contributed by atoms with Crippen molar-refractivity contribution in [1.29, 1.82) is 0 Å². The molecular weight excluding hydrogens is 222 g/mol. The monoisotopic (exact) mass is 231 g/mol. The van der Waals surface area contributed by atoms with Gasteiger partial charge in [0, 0.05) is 11.4 Å². The second-order valence-electron chi connectivity index (χ2n) is 3.07. The van der Waals surface area contributed by atoms with E-state index in [9.17, 15) is 4.79 Å². The van der Waals surface area contributed by atoms with Crippen LogP contribution in [0.3, 0.4) is 0 Å². The summed E-state index contributed by atoms with van der Waals surface area (Å²) in [4.78, 5) is 13.0. The Hall–Kier alpha value is -0.580. The molecule has 0 aliphatic carbocycles. The molecule has 0 unspecified atom stereocenters. The number of rotatable bonds is 1. The van der Waals surface area contributed by atoms with Gasteiger partial charge in [0.15, 0.2) is 0 Å². The van der Waals surface area contributed by atoms with Crippen LogP contribution in [-0.4, -0.2) is 19.6 Å². The second-order valence-corrected chi connectivity index (χ2v) is 4.55. The fourth-order valence-electron chi connectivity index (χ4n) is 1.52. The Morgan fingerprint density at radius 1 is 1.64 bits per heavy atom. The number of esters is 1. The molecule has 0 saturated heterocycles. The summed E-state index contributed by atoms with van der Waals surface area (Å²) in [7, 11) is 1.37. The molecule has 0 radical (unpaired) electrons. The van der Waals surface area contributed by atoms with Gasteiger partial charge in [0.05, 0.1) is 12.1 Å². The molecule has 0 bridgehead atoms. The highest BCUT2D eigenvalue weighted by molar-refractivity contribution is 7.14. The van der Waals surface area contributed by atoms with Gasteiger partial charge in [0.25, 0.3) is 0 Å². The van der Waals surface area contributed by atoms with Crippen molar-refractivity contribution in [3.8, 4) is 0 Å². The van der Waals surface area contributed by atoms with Crippen LogP contribution in [0.15, 0.2) is 0 Å². The van der Waals surface area contributed by atoms with Crippen molar-refractivity contribution in [2.75, 3.05) is 13.7 Å². The third kappa shape index (κ3) is 1.54. The smallest absolute Gasteiger partial charge is 0.349 e. The number of hydrogen-bond donors (Lipinski definition) is 1. The summed E-state index contributed by atoms with van der Waals surface area (Å²) in [5, 5.41) is 3.82. The normalized spacial score (nSPS) is 15.0. The van der Waals surface area contributed by atoms with Gasteiger partial charge in [0.2, 0.25) is 0 Å². The van der Waals surface area contributed by atoms with Gasteiger partial charge in [0.1, 0.15) is 4.88 Å². The first kappa shape index (κ1) is 9.96. The van der Waals surface area contributed by atoms with E-state index in [1.54, 1.807) is 0 Å². The molecule has 0 aromatic carbocycles. The standard InChI is InChI=1S/C9H10ClNO2S/c1-13-9(12)8-7(10)5-2-3-11-4-6(5)14-8/h11H,2-4H2,1H3. The lowest BCUT2D eigenvalue weighted by molar-refractivity contribution is 0.0606. The van der Waals surface area contributed by atoms with Gasteiger partial charge < -0.3 is 10.1 Å². The van der Waals surface area contributed by atoms with E-state index in [-0.39, 0.29) is 5.97 Å². The van der Waals surface area contributed by atoms with Crippen LogP contribution in [0.2, 0.25) is 5.02 Å². The molecule has 0 atom stereocenters. The molecule has 14 heavy (non-hydrogen) atoms. The summed E-state index contributed by atoms with van der Waals surface area (Å²) >= 11 is 7.52. The van der Waals surface area contributed by atoms with Crippen molar-refractivity contribution < 1.29 is 9.53 Å². The van der Waals surface area contributed by atoms with Gasteiger partial charge >= 0.3 is 5.97 Å². The van der Waals surface area contributed by atoms with E-state index in [1.807, 2.05) is 0 Å². The van der Waals surface area contributed by atoms with Crippen molar-refractivity contribution in [2.45, 2.75) is 13.0 Å². The highest BCUT2D eigenvalue weighted by atomic mass is 35.5. The van der Waals surface area contributed by atoms with E-state index in [0.29, 0.717) is 9.90 Å². The number of carbonyl (C=O) groups excluding carboxylic acids is 1. The van der Waals surface area contributed by atoms with Gasteiger partial charge in [-0.1, -0.05) is 11.6 Å². The molecule has 1 aromatic heterocycles. The fraction of sp³-hybridized carbons (Fsp3) is 0.444. The zero-order valence-corrected chi connectivity index (χ0v) is 9.30. The highest BCUT2D eigenvalue weighted by Gasteiger charge is 2.23. The largest absolute Gasteiger partial charge is 0.465 e. The first-order chi connectivity index (χ1) is 6.74. The van der Waals surface area contributed by atoms with Gasteiger partial charge in [-0.25, -0.2) is 4.79 Å². The summed E-state index contributed by atoms with van der Waals surface area (Å²) in [5.41, 5.74) is 1.11. The quantitative estimate of drug-likeness (QED) is 0.750. The average Bonchev–Trinajstić information content (AvgIpc) is 2.56. The van der Waals surface area contributed by atoms with Crippen molar-refractivity contribution >= 4 is 28.9 Å². The zero-order chi connectivity index (χ0) is 10.1. The Morgan fingerprint density at radius 2 is 2.43 bits per heavy atom. The van der Waals surface area contributed by atoms with Crippen molar-refractivity contribution in [3.63, 3.8) is 0 Å². The number of nitrogens with one attached hydrogen (secondary N) is 1. The fourth-order valence-corrected chi connectivity index (χ4v) is 3.11. The molecule has 2 heterocycles. The topological polar surface area (TPSA) is 38.3 Å². The Kier molecular flexibility index (Phi) is 2.76. The van der Waals surface area contributed by atoms with Gasteiger partial charge in [-0.2, -0.15) is 0 Å². The number of fused-ring (bicyclic) bond motifs is 1. The van der Waals surface area contributed by atoms with E-state index in [2.05, 4.69) is 10.1 Å². The SMILES string of the molecule is COC(=O)c1sc2c(c1Cl)CCNC2. The minimum absolute atomic E-state index is 0.339. The molecule has 0 spiro atoms. The van der Waals surface area contributed by atoms with Crippen LogP contribution < -0.4 is 5.32 Å². The van der Waals surface area contributed by atoms with Crippen LogP contribution in [-0.2, 0) is 17.7 Å². The van der Waals surface area contributed by atoms with Crippen LogP contribution in [0.1, 0.15) is 20.1 Å². The van der Waals surface area contributed by atoms with E-state index < -0.39 is 0 Å². The summed E-state index contributed by atoms with van der Waals surface area (Å²) in [5.74, 6) is -0.339. The molecule has 1 aromatic rings.